The summed E-state index contributed by atoms with van der Waals surface area (Å²) in [6.07, 6.45) is 2.59. The van der Waals surface area contributed by atoms with Crippen molar-refractivity contribution in [2.45, 2.75) is 25.1 Å². The molecule has 27 heavy (non-hydrogen) atoms. The molecule has 0 aliphatic carbocycles. The number of hydrogen-bond acceptors (Lipinski definition) is 3. The second-order valence-corrected chi connectivity index (χ2v) is 7.62. The first-order valence-corrected chi connectivity index (χ1v) is 10.4. The van der Waals surface area contributed by atoms with E-state index in [1.54, 1.807) is 11.8 Å². The minimum absolute atomic E-state index is 0.0125. The number of hydrogen-bond donors (Lipinski definition) is 2. The van der Waals surface area contributed by atoms with E-state index in [0.717, 1.165) is 39.8 Å². The second-order valence-electron chi connectivity index (χ2n) is 6.20. The lowest BCUT2D eigenvalue weighted by Gasteiger charge is -2.14. The van der Waals surface area contributed by atoms with E-state index in [0.29, 0.717) is 5.75 Å². The van der Waals surface area contributed by atoms with E-state index in [2.05, 4.69) is 15.3 Å². The molecule has 0 bridgehead atoms. The summed E-state index contributed by atoms with van der Waals surface area (Å²) in [6.45, 7) is 2.04. The third-order valence-corrected chi connectivity index (χ3v) is 5.42. The molecule has 4 nitrogen and oxygen atoms in total. The van der Waals surface area contributed by atoms with Gasteiger partial charge in [0.1, 0.15) is 5.82 Å². The molecular weight excluding hydrogens is 378 g/mol. The van der Waals surface area contributed by atoms with Gasteiger partial charge in [-0.05, 0) is 29.7 Å². The van der Waals surface area contributed by atoms with Gasteiger partial charge >= 0.3 is 0 Å². The normalized spacial score (nSPS) is 11.9. The molecule has 0 saturated heterocycles. The largest absolute Gasteiger partial charge is 0.345 e. The van der Waals surface area contributed by atoms with Gasteiger partial charge in [0.05, 0.1) is 23.7 Å². The highest BCUT2D eigenvalue weighted by atomic mass is 35.5. The van der Waals surface area contributed by atoms with Crippen molar-refractivity contribution in [3.63, 3.8) is 0 Å². The lowest BCUT2D eigenvalue weighted by molar-refractivity contribution is -0.119. The van der Waals surface area contributed by atoms with Crippen LogP contribution in [-0.2, 0) is 10.5 Å². The molecule has 140 valence electrons. The Morgan fingerprint density at radius 3 is 2.63 bits per heavy atom. The number of nitrogens with zero attached hydrogens (tertiary/aromatic N) is 1. The Balaban J connectivity index is 1.53. The van der Waals surface area contributed by atoms with Crippen molar-refractivity contribution in [1.82, 2.24) is 15.3 Å². The van der Waals surface area contributed by atoms with Gasteiger partial charge in [-0.1, -0.05) is 61.0 Å². The number of nitrogens with one attached hydrogen (secondary N) is 2. The summed E-state index contributed by atoms with van der Waals surface area (Å²) in [5.41, 5.74) is 3.19. The zero-order chi connectivity index (χ0) is 19.1. The van der Waals surface area contributed by atoms with Gasteiger partial charge in [-0.15, -0.1) is 11.8 Å². The molecule has 3 rings (SSSR count). The first-order valence-electron chi connectivity index (χ1n) is 8.87. The highest BCUT2D eigenvalue weighted by Crippen LogP contribution is 2.21. The molecule has 2 N–H and O–H groups in total. The Labute approximate surface area is 168 Å². The number of aromatic nitrogens is 2. The molecule has 1 amide bonds. The Morgan fingerprint density at radius 2 is 1.93 bits per heavy atom. The zero-order valence-electron chi connectivity index (χ0n) is 15.1. The SMILES string of the molecule is CCC(NC(=O)CSCc1ccc(Cl)cc1)c1ncc(-c2ccccc2)[nH]1. The van der Waals surface area contributed by atoms with Gasteiger partial charge in [-0.2, -0.15) is 0 Å². The quantitative estimate of drug-likeness (QED) is 0.545. The molecule has 1 atom stereocenters. The third kappa shape index (κ3) is 5.62. The predicted octanol–water partition coefficient (Wildman–Crippen LogP) is 5.23. The molecule has 1 heterocycles. The van der Waals surface area contributed by atoms with E-state index >= 15 is 0 Å². The minimum Gasteiger partial charge on any atom is -0.345 e. The van der Waals surface area contributed by atoms with Crippen LogP contribution >= 0.6 is 23.4 Å². The Kier molecular flexibility index (Phi) is 6.96. The molecule has 0 spiro atoms. The van der Waals surface area contributed by atoms with E-state index in [9.17, 15) is 4.79 Å². The van der Waals surface area contributed by atoms with Gasteiger partial charge in [-0.25, -0.2) is 4.98 Å². The number of halogens is 1. The van der Waals surface area contributed by atoms with Gasteiger partial charge < -0.3 is 10.3 Å². The highest BCUT2D eigenvalue weighted by molar-refractivity contribution is 7.99. The van der Waals surface area contributed by atoms with Crippen LogP contribution in [0, 0.1) is 0 Å². The van der Waals surface area contributed by atoms with Crippen LogP contribution in [0.5, 0.6) is 0 Å². The van der Waals surface area contributed by atoms with Gasteiger partial charge in [0.15, 0.2) is 0 Å². The summed E-state index contributed by atoms with van der Waals surface area (Å²) in [5.74, 6) is 1.98. The monoisotopic (exact) mass is 399 g/mol. The van der Waals surface area contributed by atoms with E-state index in [1.165, 1.54) is 0 Å². The van der Waals surface area contributed by atoms with E-state index in [1.807, 2.05) is 67.7 Å². The summed E-state index contributed by atoms with van der Waals surface area (Å²) in [6, 6.07) is 17.6. The van der Waals surface area contributed by atoms with Crippen molar-refractivity contribution in [2.75, 3.05) is 5.75 Å². The van der Waals surface area contributed by atoms with Crippen molar-refractivity contribution in [3.05, 3.63) is 77.2 Å². The zero-order valence-corrected chi connectivity index (χ0v) is 16.7. The molecule has 0 saturated carbocycles. The number of H-pyrrole nitrogens is 1. The molecule has 0 aliphatic heterocycles. The Morgan fingerprint density at radius 1 is 1.19 bits per heavy atom. The van der Waals surface area contributed by atoms with Crippen LogP contribution in [0.1, 0.15) is 30.8 Å². The van der Waals surface area contributed by atoms with E-state index in [-0.39, 0.29) is 11.9 Å². The summed E-state index contributed by atoms with van der Waals surface area (Å²) < 4.78 is 0. The summed E-state index contributed by atoms with van der Waals surface area (Å²) in [4.78, 5) is 20.1. The smallest absolute Gasteiger partial charge is 0.230 e. The van der Waals surface area contributed by atoms with E-state index in [4.69, 9.17) is 11.6 Å². The fourth-order valence-electron chi connectivity index (χ4n) is 2.72. The Hall–Kier alpha value is -2.24. The lowest BCUT2D eigenvalue weighted by Crippen LogP contribution is -2.30. The van der Waals surface area contributed by atoms with Crippen LogP contribution in [-0.4, -0.2) is 21.6 Å². The maximum Gasteiger partial charge on any atom is 0.230 e. The summed E-state index contributed by atoms with van der Waals surface area (Å²) >= 11 is 7.47. The van der Waals surface area contributed by atoms with Gasteiger partial charge in [0.25, 0.3) is 0 Å². The van der Waals surface area contributed by atoms with Crippen molar-refractivity contribution < 1.29 is 4.79 Å². The molecule has 1 aromatic heterocycles. The third-order valence-electron chi connectivity index (χ3n) is 4.17. The number of carbonyl (C=O) groups is 1. The second kappa shape index (κ2) is 9.62. The molecule has 2 aromatic carbocycles. The van der Waals surface area contributed by atoms with Crippen molar-refractivity contribution in [3.8, 4) is 11.3 Å². The number of rotatable bonds is 8. The van der Waals surface area contributed by atoms with Crippen molar-refractivity contribution >= 4 is 29.3 Å². The van der Waals surface area contributed by atoms with Gasteiger partial charge in [0, 0.05) is 10.8 Å². The van der Waals surface area contributed by atoms with Crippen LogP contribution < -0.4 is 5.32 Å². The molecule has 0 radical (unpaired) electrons. The van der Waals surface area contributed by atoms with Crippen LogP contribution in [0.2, 0.25) is 5.02 Å². The van der Waals surface area contributed by atoms with Gasteiger partial charge in [0.2, 0.25) is 5.91 Å². The van der Waals surface area contributed by atoms with Crippen LogP contribution in [0.15, 0.2) is 60.8 Å². The molecule has 0 aliphatic rings. The van der Waals surface area contributed by atoms with Crippen LogP contribution in [0.4, 0.5) is 0 Å². The van der Waals surface area contributed by atoms with Gasteiger partial charge in [-0.3, -0.25) is 4.79 Å². The fourth-order valence-corrected chi connectivity index (χ4v) is 3.65. The van der Waals surface area contributed by atoms with E-state index < -0.39 is 0 Å². The Bertz CT molecular complexity index is 865. The predicted molar refractivity (Wildman–Crippen MR) is 113 cm³/mol. The molecule has 1 unspecified atom stereocenters. The lowest BCUT2D eigenvalue weighted by atomic mass is 10.2. The number of imidazole rings is 1. The van der Waals surface area contributed by atoms with Crippen molar-refractivity contribution in [2.24, 2.45) is 0 Å². The number of benzene rings is 2. The number of thioether (sulfide) groups is 1. The maximum atomic E-state index is 12.3. The summed E-state index contributed by atoms with van der Waals surface area (Å²) in [5, 5.41) is 3.79. The standard InChI is InChI=1S/C21H22ClN3OS/c1-2-18(21-23-12-19(25-21)16-6-4-3-5-7-16)24-20(26)14-27-13-15-8-10-17(22)11-9-15/h3-12,18H,2,13-14H2,1H3,(H,23,25)(H,24,26). The number of aromatic amines is 1. The topological polar surface area (TPSA) is 57.8 Å². The number of amides is 1. The first-order chi connectivity index (χ1) is 13.2. The molecule has 0 fully saturated rings. The van der Waals surface area contributed by atoms with Crippen LogP contribution in [0.25, 0.3) is 11.3 Å². The molecular formula is C21H22ClN3OS. The van der Waals surface area contributed by atoms with Crippen molar-refractivity contribution in [1.29, 1.82) is 0 Å². The summed E-state index contributed by atoms with van der Waals surface area (Å²) in [7, 11) is 0. The van der Waals surface area contributed by atoms with Crippen LogP contribution in [0.3, 0.4) is 0 Å². The maximum absolute atomic E-state index is 12.3. The molecule has 6 heteroatoms. The fraction of sp³-hybridized carbons (Fsp3) is 0.238. The minimum atomic E-state index is -0.119. The average Bonchev–Trinajstić information content (AvgIpc) is 3.18. The molecule has 3 aromatic rings. The number of carbonyl (C=O) groups excluding carboxylic acids is 1. The highest BCUT2D eigenvalue weighted by Gasteiger charge is 2.16. The first kappa shape index (κ1) is 19.5. The average molecular weight is 400 g/mol.